The number of halogens is 5. The lowest BCUT2D eigenvalue weighted by atomic mass is 9.95. The summed E-state index contributed by atoms with van der Waals surface area (Å²) in [6.07, 6.45) is -5.86. The van der Waals surface area contributed by atoms with Crippen LogP contribution in [0, 0.1) is 6.92 Å². The van der Waals surface area contributed by atoms with Crippen LogP contribution in [0.1, 0.15) is 28.3 Å². The van der Waals surface area contributed by atoms with E-state index < -0.39 is 42.2 Å². The first-order valence-corrected chi connectivity index (χ1v) is 8.60. The van der Waals surface area contributed by atoms with Crippen molar-refractivity contribution in [2.45, 2.75) is 35.8 Å². The molecule has 0 fully saturated rings. The molecule has 0 saturated carbocycles. The first-order chi connectivity index (χ1) is 12.5. The van der Waals surface area contributed by atoms with E-state index in [-0.39, 0.29) is 16.2 Å². The van der Waals surface area contributed by atoms with Gasteiger partial charge in [0.2, 0.25) is 5.60 Å². The van der Waals surface area contributed by atoms with Gasteiger partial charge in [0.05, 0.1) is 0 Å². The fourth-order valence-corrected chi connectivity index (χ4v) is 2.81. The minimum atomic E-state index is -5.00. The standard InChI is InChI=1S/C17H16F5NO3S/c1-10-2-7-13(26-10)16(25,17(20,21)22)8-9-23-14(24)11-3-5-12(6-4-11)27-15(18)19/h2-7,15,25H,8-9H2,1H3,(H,23,24)/t16-/m1/s1. The lowest BCUT2D eigenvalue weighted by Crippen LogP contribution is -2.44. The zero-order valence-electron chi connectivity index (χ0n) is 14.0. The van der Waals surface area contributed by atoms with Gasteiger partial charge in [-0.1, -0.05) is 11.8 Å². The predicted octanol–water partition coefficient (Wildman–Crippen LogP) is 4.47. The van der Waals surface area contributed by atoms with E-state index >= 15 is 0 Å². The molecule has 0 saturated heterocycles. The number of amides is 1. The second-order valence-electron chi connectivity index (χ2n) is 5.68. The SMILES string of the molecule is Cc1ccc([C@](O)(CCNC(=O)c2ccc(SC(F)F)cc2)C(F)(F)F)o1. The summed E-state index contributed by atoms with van der Waals surface area (Å²) < 4.78 is 69.4. The molecule has 0 spiro atoms. The van der Waals surface area contributed by atoms with Gasteiger partial charge in [-0.05, 0) is 43.3 Å². The van der Waals surface area contributed by atoms with Crippen LogP contribution in [0.25, 0.3) is 0 Å². The molecule has 2 rings (SSSR count). The molecule has 1 amide bonds. The molecule has 0 bridgehead atoms. The fraction of sp³-hybridized carbons (Fsp3) is 0.353. The van der Waals surface area contributed by atoms with Gasteiger partial charge in [-0.2, -0.15) is 22.0 Å². The van der Waals surface area contributed by atoms with E-state index in [2.05, 4.69) is 5.32 Å². The van der Waals surface area contributed by atoms with Crippen LogP contribution < -0.4 is 5.32 Å². The number of carbonyl (C=O) groups is 1. The first-order valence-electron chi connectivity index (χ1n) is 7.72. The average Bonchev–Trinajstić information content (AvgIpc) is 3.00. The third kappa shape index (κ3) is 5.23. The maximum Gasteiger partial charge on any atom is 0.424 e. The van der Waals surface area contributed by atoms with Gasteiger partial charge in [0, 0.05) is 23.4 Å². The van der Waals surface area contributed by atoms with Gasteiger partial charge in [-0.3, -0.25) is 4.79 Å². The van der Waals surface area contributed by atoms with Crippen molar-refractivity contribution in [1.29, 1.82) is 0 Å². The summed E-state index contributed by atoms with van der Waals surface area (Å²) in [5, 5.41) is 12.4. The maximum atomic E-state index is 13.3. The first kappa shape index (κ1) is 21.2. The molecule has 0 radical (unpaired) electrons. The zero-order valence-corrected chi connectivity index (χ0v) is 14.8. The summed E-state index contributed by atoms with van der Waals surface area (Å²) >= 11 is 0.309. The average molecular weight is 409 g/mol. The smallest absolute Gasteiger partial charge is 0.424 e. The minimum Gasteiger partial charge on any atom is -0.463 e. The number of alkyl halides is 5. The van der Waals surface area contributed by atoms with E-state index in [1.165, 1.54) is 37.3 Å². The van der Waals surface area contributed by atoms with Crippen LogP contribution in [0.4, 0.5) is 22.0 Å². The molecular formula is C17H16F5NO3S. The molecular weight excluding hydrogens is 393 g/mol. The Labute approximate surface area is 155 Å². The van der Waals surface area contributed by atoms with Crippen molar-refractivity contribution in [3.05, 3.63) is 53.5 Å². The Hall–Kier alpha value is -2.07. The summed E-state index contributed by atoms with van der Waals surface area (Å²) in [4.78, 5) is 12.3. The summed E-state index contributed by atoms with van der Waals surface area (Å²) in [7, 11) is 0. The van der Waals surface area contributed by atoms with Crippen molar-refractivity contribution in [2.75, 3.05) is 6.54 Å². The van der Waals surface area contributed by atoms with Gasteiger partial charge >= 0.3 is 6.18 Å². The third-order valence-electron chi connectivity index (χ3n) is 3.73. The third-order valence-corrected chi connectivity index (χ3v) is 4.45. The van der Waals surface area contributed by atoms with Crippen LogP contribution in [0.2, 0.25) is 0 Å². The Balaban J connectivity index is 2.01. The molecule has 4 nitrogen and oxygen atoms in total. The highest BCUT2D eigenvalue weighted by Crippen LogP contribution is 2.42. The lowest BCUT2D eigenvalue weighted by molar-refractivity contribution is -0.274. The zero-order chi connectivity index (χ0) is 20.2. The van der Waals surface area contributed by atoms with Crippen LogP contribution in [-0.4, -0.2) is 29.5 Å². The molecule has 0 aliphatic rings. The number of benzene rings is 1. The number of thioether (sulfide) groups is 1. The molecule has 1 aromatic heterocycles. The molecule has 10 heteroatoms. The summed E-state index contributed by atoms with van der Waals surface area (Å²) in [6, 6.07) is 7.51. The molecule has 0 aliphatic heterocycles. The quantitative estimate of drug-likeness (QED) is 0.523. The molecule has 1 atom stereocenters. The Kier molecular flexibility index (Phi) is 6.53. The summed E-state index contributed by atoms with van der Waals surface area (Å²) in [5.74, 6) is -3.74. The second-order valence-corrected chi connectivity index (χ2v) is 6.74. The largest absolute Gasteiger partial charge is 0.463 e. The van der Waals surface area contributed by atoms with E-state index in [1.807, 2.05) is 0 Å². The van der Waals surface area contributed by atoms with E-state index in [1.54, 1.807) is 0 Å². The van der Waals surface area contributed by atoms with E-state index in [0.717, 1.165) is 6.07 Å². The Morgan fingerprint density at radius 1 is 1.19 bits per heavy atom. The fourth-order valence-electron chi connectivity index (χ4n) is 2.31. The van der Waals surface area contributed by atoms with E-state index in [4.69, 9.17) is 4.42 Å². The van der Waals surface area contributed by atoms with Gasteiger partial charge < -0.3 is 14.8 Å². The molecule has 2 aromatic rings. The number of aliphatic hydroxyl groups is 1. The van der Waals surface area contributed by atoms with Gasteiger partial charge in [0.25, 0.3) is 11.7 Å². The number of hydrogen-bond donors (Lipinski definition) is 2. The number of furan rings is 1. The highest BCUT2D eigenvalue weighted by atomic mass is 32.2. The van der Waals surface area contributed by atoms with Crippen LogP contribution in [0.3, 0.4) is 0 Å². The highest BCUT2D eigenvalue weighted by molar-refractivity contribution is 7.99. The summed E-state index contributed by atoms with van der Waals surface area (Å²) in [6.45, 7) is 0.959. The Bertz CT molecular complexity index is 776. The van der Waals surface area contributed by atoms with Gasteiger partial charge in [0.1, 0.15) is 11.5 Å². The Morgan fingerprint density at radius 2 is 1.81 bits per heavy atom. The van der Waals surface area contributed by atoms with Crippen LogP contribution in [-0.2, 0) is 5.60 Å². The number of rotatable bonds is 7. The van der Waals surface area contributed by atoms with Crippen LogP contribution in [0.5, 0.6) is 0 Å². The van der Waals surface area contributed by atoms with Crippen molar-refractivity contribution < 1.29 is 36.3 Å². The molecule has 2 N–H and O–H groups in total. The normalized spacial score (nSPS) is 14.2. The molecule has 0 unspecified atom stereocenters. The highest BCUT2D eigenvalue weighted by Gasteiger charge is 2.56. The number of hydrogen-bond acceptors (Lipinski definition) is 4. The second kappa shape index (κ2) is 8.30. The molecule has 0 aliphatic carbocycles. The van der Waals surface area contributed by atoms with Crippen molar-refractivity contribution in [3.8, 4) is 0 Å². The Morgan fingerprint density at radius 3 is 2.30 bits per heavy atom. The molecule has 148 valence electrons. The van der Waals surface area contributed by atoms with Gasteiger partial charge in [-0.25, -0.2) is 0 Å². The molecule has 27 heavy (non-hydrogen) atoms. The van der Waals surface area contributed by atoms with E-state index in [0.29, 0.717) is 11.8 Å². The number of aryl methyl sites for hydroxylation is 1. The monoisotopic (exact) mass is 409 g/mol. The maximum absolute atomic E-state index is 13.3. The van der Waals surface area contributed by atoms with Crippen LogP contribution >= 0.6 is 11.8 Å². The van der Waals surface area contributed by atoms with E-state index in [9.17, 15) is 31.9 Å². The summed E-state index contributed by atoms with van der Waals surface area (Å²) in [5.41, 5.74) is -3.15. The van der Waals surface area contributed by atoms with Crippen LogP contribution in [0.15, 0.2) is 45.7 Å². The topological polar surface area (TPSA) is 62.5 Å². The van der Waals surface area contributed by atoms with Crippen molar-refractivity contribution in [1.82, 2.24) is 5.32 Å². The molecule has 1 aromatic carbocycles. The van der Waals surface area contributed by atoms with Gasteiger partial charge in [0.15, 0.2) is 0 Å². The van der Waals surface area contributed by atoms with Gasteiger partial charge in [-0.15, -0.1) is 0 Å². The predicted molar refractivity (Wildman–Crippen MR) is 88.7 cm³/mol. The number of carbonyl (C=O) groups excluding carboxylic acids is 1. The van der Waals surface area contributed by atoms with Crippen molar-refractivity contribution in [2.24, 2.45) is 0 Å². The number of nitrogens with one attached hydrogen (secondary N) is 1. The van der Waals surface area contributed by atoms with Crippen molar-refractivity contribution in [3.63, 3.8) is 0 Å². The minimum absolute atomic E-state index is 0.0954. The van der Waals surface area contributed by atoms with Crippen molar-refractivity contribution >= 4 is 17.7 Å². The lowest BCUT2D eigenvalue weighted by Gasteiger charge is -2.28. The molecule has 1 heterocycles.